The van der Waals surface area contributed by atoms with Crippen LogP contribution in [0.5, 0.6) is 0 Å². The van der Waals surface area contributed by atoms with Crippen molar-refractivity contribution in [1.82, 2.24) is 10.2 Å². The molecule has 1 rings (SSSR count). The smallest absolute Gasteiger partial charge is 0.0297 e. The van der Waals surface area contributed by atoms with E-state index < -0.39 is 0 Å². The molecule has 0 saturated carbocycles. The number of benzene rings is 1. The van der Waals surface area contributed by atoms with Crippen LogP contribution in [0.4, 0.5) is 0 Å². The van der Waals surface area contributed by atoms with E-state index in [0.29, 0.717) is 6.04 Å². The van der Waals surface area contributed by atoms with Gasteiger partial charge in [0.2, 0.25) is 0 Å². The first-order valence-electron chi connectivity index (χ1n) is 6.37. The number of nitrogens with zero attached hydrogens (tertiary/aromatic N) is 1. The molecule has 0 aliphatic carbocycles. The van der Waals surface area contributed by atoms with Crippen molar-refractivity contribution in [1.29, 1.82) is 0 Å². The second-order valence-corrected chi connectivity index (χ2v) is 5.29. The summed E-state index contributed by atoms with van der Waals surface area (Å²) in [6.45, 7) is 10.9. The van der Waals surface area contributed by atoms with E-state index in [0.717, 1.165) is 13.1 Å². The lowest BCUT2D eigenvalue weighted by molar-refractivity contribution is 0.389. The Bertz CT molecular complexity index is 346. The highest BCUT2D eigenvalue weighted by atomic mass is 15.1. The lowest BCUT2D eigenvalue weighted by Crippen LogP contribution is -2.29. The van der Waals surface area contributed by atoms with Gasteiger partial charge in [-0.1, -0.05) is 17.7 Å². The minimum absolute atomic E-state index is 0.426. The second kappa shape index (κ2) is 6.18. The van der Waals surface area contributed by atoms with Crippen LogP contribution < -0.4 is 5.32 Å². The van der Waals surface area contributed by atoms with E-state index in [-0.39, 0.29) is 0 Å². The van der Waals surface area contributed by atoms with E-state index in [9.17, 15) is 0 Å². The SMILES string of the molecule is Cc1cc(C)c(C(C)NCCN(C)C)c(C)c1. The zero-order valence-electron chi connectivity index (χ0n) is 12.1. The highest BCUT2D eigenvalue weighted by Crippen LogP contribution is 2.22. The third kappa shape index (κ3) is 4.14. The first kappa shape index (κ1) is 14.2. The Balaban J connectivity index is 2.72. The third-order valence-corrected chi connectivity index (χ3v) is 3.18. The molecule has 0 aliphatic heterocycles. The largest absolute Gasteiger partial charge is 0.309 e. The van der Waals surface area contributed by atoms with Gasteiger partial charge < -0.3 is 10.2 Å². The molecule has 1 atom stereocenters. The van der Waals surface area contributed by atoms with Crippen LogP contribution in [0.1, 0.15) is 35.2 Å². The normalized spacial score (nSPS) is 13.1. The molecular weight excluding hydrogens is 208 g/mol. The summed E-state index contributed by atoms with van der Waals surface area (Å²) in [5, 5.41) is 3.59. The Hall–Kier alpha value is -0.860. The molecule has 2 heteroatoms. The summed E-state index contributed by atoms with van der Waals surface area (Å²) in [6.07, 6.45) is 0. The van der Waals surface area contributed by atoms with Crippen molar-refractivity contribution in [3.63, 3.8) is 0 Å². The summed E-state index contributed by atoms with van der Waals surface area (Å²) in [4.78, 5) is 2.20. The number of hydrogen-bond acceptors (Lipinski definition) is 2. The Morgan fingerprint density at radius 1 is 1.12 bits per heavy atom. The Morgan fingerprint density at radius 3 is 2.12 bits per heavy atom. The van der Waals surface area contributed by atoms with Gasteiger partial charge in [0.05, 0.1) is 0 Å². The molecule has 0 bridgehead atoms. The number of rotatable bonds is 5. The predicted octanol–water partition coefficient (Wildman–Crippen LogP) is 2.82. The van der Waals surface area contributed by atoms with Crippen LogP contribution in [-0.4, -0.2) is 32.1 Å². The zero-order valence-corrected chi connectivity index (χ0v) is 12.1. The molecule has 96 valence electrons. The van der Waals surface area contributed by atoms with E-state index in [4.69, 9.17) is 0 Å². The standard InChI is InChI=1S/C15H26N2/c1-11-9-12(2)15(13(3)10-11)14(4)16-7-8-17(5)6/h9-10,14,16H,7-8H2,1-6H3. The van der Waals surface area contributed by atoms with Crippen LogP contribution in [0.3, 0.4) is 0 Å². The van der Waals surface area contributed by atoms with Gasteiger partial charge in [0, 0.05) is 19.1 Å². The third-order valence-electron chi connectivity index (χ3n) is 3.18. The summed E-state index contributed by atoms with van der Waals surface area (Å²) < 4.78 is 0. The van der Waals surface area contributed by atoms with Gasteiger partial charge in [0.25, 0.3) is 0 Å². The van der Waals surface area contributed by atoms with Gasteiger partial charge in [-0.15, -0.1) is 0 Å². The average Bonchev–Trinajstić information content (AvgIpc) is 2.14. The predicted molar refractivity (Wildman–Crippen MR) is 75.6 cm³/mol. The highest BCUT2D eigenvalue weighted by molar-refractivity contribution is 5.39. The minimum atomic E-state index is 0.426. The quantitative estimate of drug-likeness (QED) is 0.843. The van der Waals surface area contributed by atoms with Crippen molar-refractivity contribution in [3.8, 4) is 0 Å². The summed E-state index contributed by atoms with van der Waals surface area (Å²) in [6, 6.07) is 4.97. The molecule has 0 saturated heterocycles. The topological polar surface area (TPSA) is 15.3 Å². The average molecular weight is 234 g/mol. The molecule has 2 nitrogen and oxygen atoms in total. The van der Waals surface area contributed by atoms with Crippen molar-refractivity contribution < 1.29 is 0 Å². The first-order chi connectivity index (χ1) is 7.91. The van der Waals surface area contributed by atoms with Gasteiger partial charge in [-0.2, -0.15) is 0 Å². The fourth-order valence-electron chi connectivity index (χ4n) is 2.48. The van der Waals surface area contributed by atoms with Gasteiger partial charge >= 0.3 is 0 Å². The van der Waals surface area contributed by atoms with E-state index >= 15 is 0 Å². The molecule has 0 aliphatic rings. The van der Waals surface area contributed by atoms with Crippen LogP contribution in [0.2, 0.25) is 0 Å². The summed E-state index contributed by atoms with van der Waals surface area (Å²) >= 11 is 0. The molecule has 1 aromatic rings. The molecule has 17 heavy (non-hydrogen) atoms. The number of likely N-dealkylation sites (N-methyl/N-ethyl adjacent to an activating group) is 1. The van der Waals surface area contributed by atoms with E-state index in [1.807, 2.05) is 0 Å². The molecular formula is C15H26N2. The van der Waals surface area contributed by atoms with Gasteiger partial charge in [0.1, 0.15) is 0 Å². The first-order valence-corrected chi connectivity index (χ1v) is 6.37. The fourth-order valence-corrected chi connectivity index (χ4v) is 2.48. The maximum Gasteiger partial charge on any atom is 0.0297 e. The molecule has 0 spiro atoms. The molecule has 0 aromatic heterocycles. The van der Waals surface area contributed by atoms with E-state index in [1.54, 1.807) is 0 Å². The molecule has 0 heterocycles. The zero-order chi connectivity index (χ0) is 13.0. The maximum absolute atomic E-state index is 3.59. The number of aryl methyl sites for hydroxylation is 3. The molecule has 1 N–H and O–H groups in total. The number of nitrogens with one attached hydrogen (secondary N) is 1. The minimum Gasteiger partial charge on any atom is -0.309 e. The summed E-state index contributed by atoms with van der Waals surface area (Å²) in [5.74, 6) is 0. The van der Waals surface area contributed by atoms with Crippen LogP contribution in [0.15, 0.2) is 12.1 Å². The summed E-state index contributed by atoms with van der Waals surface area (Å²) in [5.41, 5.74) is 5.60. The van der Waals surface area contributed by atoms with Gasteiger partial charge in [-0.25, -0.2) is 0 Å². The monoisotopic (exact) mass is 234 g/mol. The van der Waals surface area contributed by atoms with Crippen molar-refractivity contribution >= 4 is 0 Å². The van der Waals surface area contributed by atoms with E-state index in [1.165, 1.54) is 22.3 Å². The van der Waals surface area contributed by atoms with Crippen molar-refractivity contribution in [2.24, 2.45) is 0 Å². The van der Waals surface area contributed by atoms with Gasteiger partial charge in [0.15, 0.2) is 0 Å². The second-order valence-electron chi connectivity index (χ2n) is 5.29. The lowest BCUT2D eigenvalue weighted by Gasteiger charge is -2.21. The molecule has 0 fully saturated rings. The number of hydrogen-bond donors (Lipinski definition) is 1. The van der Waals surface area contributed by atoms with Crippen molar-refractivity contribution in [2.45, 2.75) is 33.7 Å². The molecule has 0 radical (unpaired) electrons. The maximum atomic E-state index is 3.59. The highest BCUT2D eigenvalue weighted by Gasteiger charge is 2.11. The Kier molecular flexibility index (Phi) is 5.16. The van der Waals surface area contributed by atoms with Crippen molar-refractivity contribution in [2.75, 3.05) is 27.2 Å². The fraction of sp³-hybridized carbons (Fsp3) is 0.600. The van der Waals surface area contributed by atoms with Gasteiger partial charge in [-0.3, -0.25) is 0 Å². The molecule has 1 unspecified atom stereocenters. The van der Waals surface area contributed by atoms with Crippen LogP contribution in [-0.2, 0) is 0 Å². The summed E-state index contributed by atoms with van der Waals surface area (Å²) in [7, 11) is 4.21. The van der Waals surface area contributed by atoms with Crippen molar-refractivity contribution in [3.05, 3.63) is 34.4 Å². The van der Waals surface area contributed by atoms with Gasteiger partial charge in [-0.05, 0) is 58.5 Å². The van der Waals surface area contributed by atoms with Crippen LogP contribution in [0.25, 0.3) is 0 Å². The van der Waals surface area contributed by atoms with Crippen LogP contribution in [0, 0.1) is 20.8 Å². The Labute approximate surface area is 106 Å². The Morgan fingerprint density at radius 2 is 1.65 bits per heavy atom. The lowest BCUT2D eigenvalue weighted by atomic mass is 9.95. The molecule has 1 aromatic carbocycles. The molecule has 0 amide bonds. The van der Waals surface area contributed by atoms with Crippen LogP contribution >= 0.6 is 0 Å². The van der Waals surface area contributed by atoms with E-state index in [2.05, 4.69) is 64.1 Å².